The van der Waals surface area contributed by atoms with Gasteiger partial charge in [0.05, 0.1) is 0 Å². The van der Waals surface area contributed by atoms with Gasteiger partial charge in [-0.3, -0.25) is 54.3 Å². The van der Waals surface area contributed by atoms with Crippen LogP contribution in [-0.2, 0) is 81.7 Å². The number of hydrogen-bond donors (Lipinski definition) is 6. The van der Waals surface area contributed by atoms with Gasteiger partial charge < -0.3 is 29.4 Å². The molecule has 42 heavy (non-hydrogen) atoms. The molecule has 8 atom stereocenters. The molecule has 252 valence electrons. The van der Waals surface area contributed by atoms with Crippen LogP contribution in [0.3, 0.4) is 0 Å². The second kappa shape index (κ2) is 15.5. The topological polar surface area (TPSA) is 335 Å². The van der Waals surface area contributed by atoms with Crippen LogP contribution in [0.5, 0.6) is 0 Å². The predicted octanol–water partition coefficient (Wildman–Crippen LogP) is 0.792. The Morgan fingerprint density at radius 3 is 0.762 bits per heavy atom. The van der Waals surface area contributed by atoms with Crippen molar-refractivity contribution in [1.29, 1.82) is 0 Å². The minimum absolute atomic E-state index is 0.599. The van der Waals surface area contributed by atoms with E-state index < -0.39 is 83.6 Å². The third-order valence-corrected chi connectivity index (χ3v) is 10.6. The SMILES string of the molecule is COP(=O)(O)O[C@@H]1[C@@H](OP(=O)(O)O)[C@H](OP(=O)(O)O)[C@H](OP(=O)(O)OC)[C@H](OP(=O)(OC)OC)[C@H]1OP(=O)(OC)OC. The highest BCUT2D eigenvalue weighted by atomic mass is 31.2. The molecule has 6 N–H and O–H groups in total. The lowest BCUT2D eigenvalue weighted by molar-refractivity contribution is -0.203. The van der Waals surface area contributed by atoms with Crippen molar-refractivity contribution >= 4 is 46.9 Å². The molecule has 2 unspecified atom stereocenters. The normalized spacial score (nSPS) is 29.1. The van der Waals surface area contributed by atoms with E-state index in [2.05, 4.69) is 36.2 Å². The summed E-state index contributed by atoms with van der Waals surface area (Å²) in [5.74, 6) is 0. The highest BCUT2D eigenvalue weighted by molar-refractivity contribution is 7.49. The van der Waals surface area contributed by atoms with Gasteiger partial charge in [-0.2, -0.15) is 0 Å². The average Bonchev–Trinajstić information content (AvgIpc) is 2.88. The van der Waals surface area contributed by atoms with Gasteiger partial charge in [0.1, 0.15) is 36.6 Å². The van der Waals surface area contributed by atoms with E-state index in [0.29, 0.717) is 14.2 Å². The minimum atomic E-state index is -5.87. The number of phosphoric ester groups is 6. The second-order valence-corrected chi connectivity index (χ2v) is 16.4. The van der Waals surface area contributed by atoms with Crippen LogP contribution in [0, 0.1) is 0 Å². The quantitative estimate of drug-likeness (QED) is 0.106. The fraction of sp³-hybridized carbons (Fsp3) is 1.00. The molecule has 1 aliphatic rings. The van der Waals surface area contributed by atoms with Crippen LogP contribution in [0.25, 0.3) is 0 Å². The van der Waals surface area contributed by atoms with Gasteiger partial charge in [0.25, 0.3) is 0 Å². The molecule has 0 radical (unpaired) electrons. The lowest BCUT2D eigenvalue weighted by Crippen LogP contribution is -2.66. The zero-order chi connectivity index (χ0) is 32.9. The van der Waals surface area contributed by atoms with E-state index in [9.17, 15) is 56.8 Å². The van der Waals surface area contributed by atoms with Crippen molar-refractivity contribution in [3.05, 3.63) is 0 Å². The molecule has 0 aromatic carbocycles. The molecule has 24 nitrogen and oxygen atoms in total. The van der Waals surface area contributed by atoms with Gasteiger partial charge in [-0.05, 0) is 0 Å². The lowest BCUT2D eigenvalue weighted by Gasteiger charge is -2.48. The first-order valence-corrected chi connectivity index (χ1v) is 19.3. The average molecular weight is 744 g/mol. The Balaban J connectivity index is 4.26. The largest absolute Gasteiger partial charge is 0.474 e. The Bertz CT molecular complexity index is 1070. The van der Waals surface area contributed by atoms with Crippen molar-refractivity contribution in [3.63, 3.8) is 0 Å². The molecule has 1 rings (SSSR count). The van der Waals surface area contributed by atoms with Crippen molar-refractivity contribution in [3.8, 4) is 0 Å². The fourth-order valence-electron chi connectivity index (χ4n) is 3.17. The molecule has 0 aliphatic heterocycles. The molecule has 0 bridgehead atoms. The summed E-state index contributed by atoms with van der Waals surface area (Å²) in [6.45, 7) is 0. The Hall–Kier alpha value is 0.660. The Kier molecular flexibility index (Phi) is 15.0. The van der Waals surface area contributed by atoms with Crippen molar-refractivity contribution in [2.75, 3.05) is 42.7 Å². The van der Waals surface area contributed by atoms with Crippen LogP contribution in [-0.4, -0.2) is 109 Å². The maximum Gasteiger partial charge on any atom is 0.474 e. The van der Waals surface area contributed by atoms with Crippen molar-refractivity contribution in [2.24, 2.45) is 0 Å². The molecule has 1 saturated carbocycles. The summed E-state index contributed by atoms with van der Waals surface area (Å²) >= 11 is 0. The van der Waals surface area contributed by atoms with Gasteiger partial charge in [-0.1, -0.05) is 0 Å². The molecular formula is C12H30O24P6. The first-order valence-electron chi connectivity index (χ1n) is 10.4. The van der Waals surface area contributed by atoms with Crippen molar-refractivity contribution in [1.82, 2.24) is 0 Å². The first kappa shape index (κ1) is 40.7. The van der Waals surface area contributed by atoms with Crippen molar-refractivity contribution < 1.29 is 111 Å². The predicted molar refractivity (Wildman–Crippen MR) is 130 cm³/mol. The van der Waals surface area contributed by atoms with E-state index in [0.717, 1.165) is 28.4 Å². The molecule has 0 spiro atoms. The van der Waals surface area contributed by atoms with Crippen molar-refractivity contribution in [2.45, 2.75) is 36.6 Å². The van der Waals surface area contributed by atoms with Crippen LogP contribution in [0.15, 0.2) is 0 Å². The Morgan fingerprint density at radius 2 is 0.571 bits per heavy atom. The maximum atomic E-state index is 13.0. The van der Waals surface area contributed by atoms with E-state index in [1.54, 1.807) is 0 Å². The number of hydrogen-bond acceptors (Lipinski definition) is 18. The molecular weight excluding hydrogens is 714 g/mol. The van der Waals surface area contributed by atoms with E-state index in [1.165, 1.54) is 0 Å². The fourth-order valence-corrected chi connectivity index (χ4v) is 7.27. The third kappa shape index (κ3) is 12.1. The number of rotatable bonds is 18. The molecule has 0 saturated heterocycles. The van der Waals surface area contributed by atoms with Gasteiger partial charge >= 0.3 is 46.9 Å². The molecule has 0 aromatic heterocycles. The Morgan fingerprint density at radius 1 is 0.357 bits per heavy atom. The summed E-state index contributed by atoms with van der Waals surface area (Å²) in [5, 5.41) is 0. The monoisotopic (exact) mass is 744 g/mol. The maximum absolute atomic E-state index is 13.0. The van der Waals surface area contributed by atoms with Gasteiger partial charge in [0.15, 0.2) is 0 Å². The standard InChI is InChI=1S/C12H30O24P6/c1-25-39(19,20)33-9-7(31-37(13,14)15)8(32-38(16,17)18)10(34-40(21,22)26-2)12(36-42(24,29-5)30-6)11(9)35-41(23,27-3)28-4/h7-12H,1-6H3,(H,19,20)(H,21,22)(H2,13,14,15)(H2,16,17,18)/t7-,8-,9-,10+,11-,12-/m0/s1. The van der Waals surface area contributed by atoms with E-state index in [-0.39, 0.29) is 0 Å². The molecule has 30 heteroatoms. The van der Waals surface area contributed by atoms with Gasteiger partial charge in [0, 0.05) is 42.7 Å². The van der Waals surface area contributed by atoms with Crippen LogP contribution >= 0.6 is 46.9 Å². The highest BCUT2D eigenvalue weighted by Crippen LogP contribution is 2.61. The van der Waals surface area contributed by atoms with E-state index in [4.69, 9.17) is 18.1 Å². The molecule has 1 fully saturated rings. The van der Waals surface area contributed by atoms with Crippen LogP contribution < -0.4 is 0 Å². The molecule has 0 aromatic rings. The van der Waals surface area contributed by atoms with Gasteiger partial charge in [-0.25, -0.2) is 27.4 Å². The van der Waals surface area contributed by atoms with Gasteiger partial charge in [-0.15, -0.1) is 0 Å². The van der Waals surface area contributed by atoms with Gasteiger partial charge in [0.2, 0.25) is 0 Å². The van der Waals surface area contributed by atoms with E-state index in [1.807, 2.05) is 0 Å². The smallest absolute Gasteiger partial charge is 0.303 e. The summed E-state index contributed by atoms with van der Waals surface area (Å²) in [6.07, 6.45) is -16.2. The minimum Gasteiger partial charge on any atom is -0.303 e. The summed E-state index contributed by atoms with van der Waals surface area (Å²) in [7, 11) is -28.2. The highest BCUT2D eigenvalue weighted by Gasteiger charge is 2.63. The van der Waals surface area contributed by atoms with Crippen LogP contribution in [0.1, 0.15) is 0 Å². The third-order valence-electron chi connectivity index (χ3n) is 4.83. The zero-order valence-corrected chi connectivity index (χ0v) is 27.5. The second-order valence-electron chi connectivity index (χ2n) is 7.33. The lowest BCUT2D eigenvalue weighted by atomic mass is 9.85. The number of phosphoric acid groups is 6. The summed E-state index contributed by atoms with van der Waals surface area (Å²) in [5.41, 5.74) is 0. The van der Waals surface area contributed by atoms with E-state index >= 15 is 0 Å². The summed E-state index contributed by atoms with van der Waals surface area (Å²) in [4.78, 5) is 58.3. The summed E-state index contributed by atoms with van der Waals surface area (Å²) < 4.78 is 131. The van der Waals surface area contributed by atoms with Crippen LogP contribution in [0.2, 0.25) is 0 Å². The zero-order valence-electron chi connectivity index (χ0n) is 22.2. The molecule has 1 aliphatic carbocycles. The first-order chi connectivity index (χ1) is 18.9. The molecule has 0 amide bonds. The summed E-state index contributed by atoms with van der Waals surface area (Å²) in [6, 6.07) is 0. The molecule has 0 heterocycles. The van der Waals surface area contributed by atoms with Crippen LogP contribution in [0.4, 0.5) is 0 Å². The Labute approximate surface area is 237 Å².